The minimum absolute atomic E-state index is 0.150. The monoisotopic (exact) mass is 273 g/mol. The van der Waals surface area contributed by atoms with Crippen molar-refractivity contribution in [3.8, 4) is 5.75 Å². The highest BCUT2D eigenvalue weighted by atomic mass is 32.2. The number of nitrogens with one attached hydrogen (secondary N) is 1. The molecule has 2 N–H and O–H groups in total. The predicted molar refractivity (Wildman–Crippen MR) is 66.5 cm³/mol. The summed E-state index contributed by atoms with van der Waals surface area (Å²) in [6, 6.07) is 4.22. The van der Waals surface area contributed by atoms with E-state index in [1.807, 2.05) is 0 Å². The van der Waals surface area contributed by atoms with Crippen molar-refractivity contribution in [2.45, 2.75) is 13.0 Å². The molecule has 1 fully saturated rings. The summed E-state index contributed by atoms with van der Waals surface area (Å²) in [6.45, 7) is 1.08. The minimum atomic E-state index is -2.84. The fraction of sp³-hybridized carbons (Fsp3) is 0.500. The number of phenols is 1. The summed E-state index contributed by atoms with van der Waals surface area (Å²) < 4.78 is 35.6. The zero-order valence-electron chi connectivity index (χ0n) is 9.89. The summed E-state index contributed by atoms with van der Waals surface area (Å²) >= 11 is 0. The SMILES string of the molecule is O=S1(=O)CCC(CNCc2ccc(O)c(F)c2)C1. The number of phenolic OH excluding ortho intramolecular Hbond substituents is 1. The van der Waals surface area contributed by atoms with Crippen molar-refractivity contribution < 1.29 is 17.9 Å². The van der Waals surface area contributed by atoms with E-state index in [-0.39, 0.29) is 23.2 Å². The Morgan fingerprint density at radius 3 is 2.83 bits per heavy atom. The van der Waals surface area contributed by atoms with E-state index in [4.69, 9.17) is 5.11 Å². The lowest BCUT2D eigenvalue weighted by Gasteiger charge is -2.09. The van der Waals surface area contributed by atoms with E-state index in [2.05, 4.69) is 5.32 Å². The van der Waals surface area contributed by atoms with Crippen LogP contribution in [0.25, 0.3) is 0 Å². The zero-order valence-corrected chi connectivity index (χ0v) is 10.7. The number of sulfone groups is 1. The highest BCUT2D eigenvalue weighted by Crippen LogP contribution is 2.18. The first kappa shape index (κ1) is 13.3. The molecule has 0 aliphatic carbocycles. The smallest absolute Gasteiger partial charge is 0.165 e. The molecule has 18 heavy (non-hydrogen) atoms. The van der Waals surface area contributed by atoms with E-state index in [1.165, 1.54) is 12.1 Å². The van der Waals surface area contributed by atoms with Crippen molar-refractivity contribution in [2.75, 3.05) is 18.1 Å². The summed E-state index contributed by atoms with van der Waals surface area (Å²) in [7, 11) is -2.84. The summed E-state index contributed by atoms with van der Waals surface area (Å²) in [5, 5.41) is 12.2. The molecule has 0 bridgehead atoms. The lowest BCUT2D eigenvalue weighted by molar-refractivity contribution is 0.431. The van der Waals surface area contributed by atoms with Crippen LogP contribution in [-0.2, 0) is 16.4 Å². The Hall–Kier alpha value is -1.14. The summed E-state index contributed by atoms with van der Waals surface area (Å²) in [5.74, 6) is -0.340. The van der Waals surface area contributed by atoms with Gasteiger partial charge in [-0.05, 0) is 36.6 Å². The van der Waals surface area contributed by atoms with E-state index < -0.39 is 15.7 Å². The van der Waals surface area contributed by atoms with Crippen LogP contribution >= 0.6 is 0 Å². The van der Waals surface area contributed by atoms with Gasteiger partial charge in [0.2, 0.25) is 0 Å². The third kappa shape index (κ3) is 3.43. The molecule has 0 saturated carbocycles. The molecular formula is C12H16FNO3S. The molecule has 0 radical (unpaired) electrons. The molecule has 100 valence electrons. The van der Waals surface area contributed by atoms with Crippen molar-refractivity contribution >= 4 is 9.84 Å². The average Bonchev–Trinajstić information content (AvgIpc) is 2.63. The summed E-state index contributed by atoms with van der Waals surface area (Å²) in [5.41, 5.74) is 0.728. The van der Waals surface area contributed by atoms with Gasteiger partial charge in [-0.25, -0.2) is 12.8 Å². The first-order valence-electron chi connectivity index (χ1n) is 5.85. The molecule has 1 aromatic carbocycles. The van der Waals surface area contributed by atoms with Crippen LogP contribution in [0.2, 0.25) is 0 Å². The number of hydrogen-bond acceptors (Lipinski definition) is 4. The normalized spacial score (nSPS) is 22.2. The largest absolute Gasteiger partial charge is 0.505 e. The number of aromatic hydroxyl groups is 1. The molecular weight excluding hydrogens is 257 g/mol. The maximum Gasteiger partial charge on any atom is 0.165 e. The van der Waals surface area contributed by atoms with E-state index >= 15 is 0 Å². The van der Waals surface area contributed by atoms with Gasteiger partial charge in [-0.2, -0.15) is 0 Å². The van der Waals surface area contributed by atoms with Crippen LogP contribution in [0, 0.1) is 11.7 Å². The van der Waals surface area contributed by atoms with Gasteiger partial charge in [0.25, 0.3) is 0 Å². The van der Waals surface area contributed by atoms with Gasteiger partial charge in [0.15, 0.2) is 21.4 Å². The van der Waals surface area contributed by atoms with Crippen molar-refractivity contribution in [3.05, 3.63) is 29.6 Å². The Kier molecular flexibility index (Phi) is 3.87. The van der Waals surface area contributed by atoms with Crippen LogP contribution in [0.4, 0.5) is 4.39 Å². The van der Waals surface area contributed by atoms with Crippen LogP contribution in [-0.4, -0.2) is 31.6 Å². The Morgan fingerprint density at radius 2 is 2.22 bits per heavy atom. The number of halogens is 1. The van der Waals surface area contributed by atoms with Gasteiger partial charge < -0.3 is 10.4 Å². The molecule has 1 heterocycles. The van der Waals surface area contributed by atoms with Crippen LogP contribution < -0.4 is 5.32 Å². The van der Waals surface area contributed by atoms with E-state index in [1.54, 1.807) is 6.07 Å². The Bertz CT molecular complexity index is 530. The van der Waals surface area contributed by atoms with Gasteiger partial charge in [0.05, 0.1) is 11.5 Å². The summed E-state index contributed by atoms with van der Waals surface area (Å²) in [6.07, 6.45) is 0.694. The van der Waals surface area contributed by atoms with E-state index in [0.717, 1.165) is 5.56 Å². The molecule has 1 saturated heterocycles. The average molecular weight is 273 g/mol. The van der Waals surface area contributed by atoms with Crippen LogP contribution in [0.15, 0.2) is 18.2 Å². The van der Waals surface area contributed by atoms with Gasteiger partial charge in [-0.15, -0.1) is 0 Å². The van der Waals surface area contributed by atoms with E-state index in [0.29, 0.717) is 19.5 Å². The first-order chi connectivity index (χ1) is 8.46. The molecule has 1 unspecified atom stereocenters. The lowest BCUT2D eigenvalue weighted by Crippen LogP contribution is -2.23. The maximum atomic E-state index is 13.1. The van der Waals surface area contributed by atoms with Gasteiger partial charge in [0.1, 0.15) is 0 Å². The summed E-state index contributed by atoms with van der Waals surface area (Å²) in [4.78, 5) is 0. The highest BCUT2D eigenvalue weighted by Gasteiger charge is 2.27. The van der Waals surface area contributed by atoms with Crippen molar-refractivity contribution in [2.24, 2.45) is 5.92 Å². The quantitative estimate of drug-likeness (QED) is 0.860. The standard InChI is InChI=1S/C12H16FNO3S/c13-11-5-9(1-2-12(11)15)6-14-7-10-3-4-18(16,17)8-10/h1-2,5,10,14-15H,3-4,6-8H2. The highest BCUT2D eigenvalue weighted by molar-refractivity contribution is 7.91. The van der Waals surface area contributed by atoms with Crippen molar-refractivity contribution in [1.82, 2.24) is 5.32 Å². The van der Waals surface area contributed by atoms with Crippen molar-refractivity contribution in [3.63, 3.8) is 0 Å². The Labute approximate surface area is 106 Å². The van der Waals surface area contributed by atoms with Gasteiger partial charge in [0, 0.05) is 6.54 Å². The topological polar surface area (TPSA) is 66.4 Å². The van der Waals surface area contributed by atoms with Crippen LogP contribution in [0.3, 0.4) is 0 Å². The van der Waals surface area contributed by atoms with E-state index in [9.17, 15) is 12.8 Å². The van der Waals surface area contributed by atoms with Gasteiger partial charge >= 0.3 is 0 Å². The second-order valence-electron chi connectivity index (χ2n) is 4.69. The predicted octanol–water partition coefficient (Wildman–Crippen LogP) is 1.06. The third-order valence-electron chi connectivity index (χ3n) is 3.10. The molecule has 0 spiro atoms. The zero-order chi connectivity index (χ0) is 13.2. The number of benzene rings is 1. The van der Waals surface area contributed by atoms with Crippen LogP contribution in [0.5, 0.6) is 5.75 Å². The Morgan fingerprint density at radius 1 is 1.44 bits per heavy atom. The molecule has 0 aromatic heterocycles. The molecule has 1 atom stereocenters. The lowest BCUT2D eigenvalue weighted by atomic mass is 10.1. The van der Waals surface area contributed by atoms with Gasteiger partial charge in [-0.3, -0.25) is 0 Å². The fourth-order valence-electron chi connectivity index (χ4n) is 2.11. The Balaban J connectivity index is 1.80. The van der Waals surface area contributed by atoms with Crippen molar-refractivity contribution in [1.29, 1.82) is 0 Å². The molecule has 0 amide bonds. The molecule has 1 aromatic rings. The molecule has 1 aliphatic rings. The molecule has 4 nitrogen and oxygen atoms in total. The minimum Gasteiger partial charge on any atom is -0.505 e. The maximum absolute atomic E-state index is 13.1. The first-order valence-corrected chi connectivity index (χ1v) is 7.67. The third-order valence-corrected chi connectivity index (χ3v) is 4.94. The molecule has 1 aliphatic heterocycles. The molecule has 6 heteroatoms. The number of rotatable bonds is 4. The molecule has 2 rings (SSSR count). The second-order valence-corrected chi connectivity index (χ2v) is 6.91. The second kappa shape index (κ2) is 5.24. The van der Waals surface area contributed by atoms with Gasteiger partial charge in [-0.1, -0.05) is 6.07 Å². The van der Waals surface area contributed by atoms with Crippen LogP contribution in [0.1, 0.15) is 12.0 Å². The number of hydrogen-bond donors (Lipinski definition) is 2. The fourth-order valence-corrected chi connectivity index (χ4v) is 3.98.